The van der Waals surface area contributed by atoms with Gasteiger partial charge < -0.3 is 29.7 Å². The first-order chi connectivity index (χ1) is 18.9. The Morgan fingerprint density at radius 2 is 1.90 bits per heavy atom. The van der Waals surface area contributed by atoms with E-state index in [9.17, 15) is 14.3 Å². The number of nitrogens with zero attached hydrogens (tertiary/aromatic N) is 5. The van der Waals surface area contributed by atoms with Crippen molar-refractivity contribution in [2.45, 2.75) is 12.8 Å². The van der Waals surface area contributed by atoms with Gasteiger partial charge in [-0.2, -0.15) is 4.98 Å². The lowest BCUT2D eigenvalue weighted by molar-refractivity contribution is 0.145. The molecule has 208 valence electrons. The highest BCUT2D eigenvalue weighted by Gasteiger charge is 2.17. The second-order valence-electron chi connectivity index (χ2n) is 9.39. The van der Waals surface area contributed by atoms with Crippen molar-refractivity contribution in [3.05, 3.63) is 66.1 Å². The summed E-state index contributed by atoms with van der Waals surface area (Å²) in [6.07, 6.45) is 1.64. The summed E-state index contributed by atoms with van der Waals surface area (Å²) in [4.78, 5) is 26.3. The molecule has 10 nitrogen and oxygen atoms in total. The lowest BCUT2D eigenvalue weighted by Gasteiger charge is -2.32. The molecule has 4 rings (SSSR count). The van der Waals surface area contributed by atoms with Crippen molar-refractivity contribution in [1.29, 1.82) is 0 Å². The molecule has 1 aliphatic rings. The molecule has 1 saturated heterocycles. The molecule has 0 aliphatic carbocycles. The third-order valence-electron chi connectivity index (χ3n) is 6.59. The first-order valence-electron chi connectivity index (χ1n) is 13.0. The number of carboxylic acid groups (broad SMARTS) is 1. The number of ether oxygens (including phenoxy) is 2. The zero-order valence-corrected chi connectivity index (χ0v) is 22.3. The van der Waals surface area contributed by atoms with E-state index in [-0.39, 0.29) is 24.1 Å². The highest BCUT2D eigenvalue weighted by Crippen LogP contribution is 2.24. The number of hydrogen-bond donors (Lipinski definition) is 2. The smallest absolute Gasteiger partial charge is 0.413 e. The second kappa shape index (κ2) is 13.7. The molecule has 1 aromatic heterocycles. The van der Waals surface area contributed by atoms with Crippen LogP contribution in [0, 0.1) is 5.82 Å². The third-order valence-corrected chi connectivity index (χ3v) is 6.59. The monoisotopic (exact) mass is 538 g/mol. The van der Waals surface area contributed by atoms with Crippen LogP contribution < -0.4 is 19.7 Å². The molecule has 1 amide bonds. The molecule has 0 radical (unpaired) electrons. The molecule has 2 heterocycles. The van der Waals surface area contributed by atoms with Gasteiger partial charge in [0.2, 0.25) is 5.95 Å². The molecule has 2 N–H and O–H groups in total. The molecule has 0 spiro atoms. The van der Waals surface area contributed by atoms with Gasteiger partial charge in [-0.15, -0.1) is 0 Å². The van der Waals surface area contributed by atoms with Gasteiger partial charge in [0.1, 0.15) is 11.6 Å². The quantitative estimate of drug-likeness (QED) is 0.330. The zero-order valence-electron chi connectivity index (χ0n) is 22.3. The van der Waals surface area contributed by atoms with Gasteiger partial charge in [0.05, 0.1) is 13.7 Å². The van der Waals surface area contributed by atoms with Crippen molar-refractivity contribution in [2.75, 3.05) is 70.2 Å². The Balaban J connectivity index is 1.31. The van der Waals surface area contributed by atoms with E-state index in [1.165, 1.54) is 18.3 Å². The number of hydrogen-bond acceptors (Lipinski definition) is 8. The normalized spacial score (nSPS) is 14.1. The van der Waals surface area contributed by atoms with Crippen LogP contribution >= 0.6 is 0 Å². The van der Waals surface area contributed by atoms with E-state index >= 15 is 0 Å². The molecule has 0 bridgehead atoms. The van der Waals surface area contributed by atoms with E-state index in [0.717, 1.165) is 55.4 Å². The average Bonchev–Trinajstić information content (AvgIpc) is 2.93. The lowest BCUT2D eigenvalue weighted by Crippen LogP contribution is -2.44. The van der Waals surface area contributed by atoms with E-state index in [0.29, 0.717) is 18.7 Å². The molecule has 0 unspecified atom stereocenters. The number of methoxy groups -OCH3 is 1. The standard InChI is InChI=1S/C28H35FN6O4/c1-33-15-17-34(18-16-33)13-3-19-39-25-9-6-22(20-24(25)29)31-27-30-12-10-26(32-27)35(28(36)37)14-11-21-4-7-23(38-2)8-5-21/h4-10,12,20H,3,11,13-19H2,1-2H3,(H,36,37)(H,30,31,32). The fourth-order valence-corrected chi connectivity index (χ4v) is 4.27. The van der Waals surface area contributed by atoms with Crippen LogP contribution in [-0.2, 0) is 6.42 Å². The Morgan fingerprint density at radius 1 is 1.13 bits per heavy atom. The largest absolute Gasteiger partial charge is 0.497 e. The average molecular weight is 539 g/mol. The summed E-state index contributed by atoms with van der Waals surface area (Å²) in [5, 5.41) is 12.7. The predicted octanol–water partition coefficient (Wildman–Crippen LogP) is 4.11. The molecule has 11 heteroatoms. The van der Waals surface area contributed by atoms with Crippen LogP contribution in [0.3, 0.4) is 0 Å². The molecule has 0 saturated carbocycles. The molecular weight excluding hydrogens is 503 g/mol. The van der Waals surface area contributed by atoms with Gasteiger partial charge in [0.25, 0.3) is 0 Å². The predicted molar refractivity (Wildman–Crippen MR) is 148 cm³/mol. The fourth-order valence-electron chi connectivity index (χ4n) is 4.27. The maximum atomic E-state index is 14.7. The minimum absolute atomic E-state index is 0.156. The summed E-state index contributed by atoms with van der Waals surface area (Å²) in [6, 6.07) is 13.5. The van der Waals surface area contributed by atoms with Crippen LogP contribution in [0.1, 0.15) is 12.0 Å². The van der Waals surface area contributed by atoms with E-state index in [2.05, 4.69) is 32.1 Å². The first kappa shape index (κ1) is 28.1. The SMILES string of the molecule is COc1ccc(CCN(C(=O)O)c2ccnc(Nc3ccc(OCCCN4CCN(C)CC4)c(F)c3)n2)cc1. The van der Waals surface area contributed by atoms with E-state index < -0.39 is 11.9 Å². The van der Waals surface area contributed by atoms with Crippen molar-refractivity contribution in [1.82, 2.24) is 19.8 Å². The topological polar surface area (TPSA) is 103 Å². The highest BCUT2D eigenvalue weighted by molar-refractivity contribution is 5.84. The van der Waals surface area contributed by atoms with Crippen LogP contribution in [0.5, 0.6) is 11.5 Å². The van der Waals surface area contributed by atoms with Gasteiger partial charge in [0, 0.05) is 57.2 Å². The van der Waals surface area contributed by atoms with Crippen LogP contribution in [0.4, 0.5) is 26.6 Å². The molecule has 39 heavy (non-hydrogen) atoms. The number of rotatable bonds is 12. The lowest BCUT2D eigenvalue weighted by atomic mass is 10.1. The van der Waals surface area contributed by atoms with Crippen molar-refractivity contribution in [3.8, 4) is 11.5 Å². The maximum Gasteiger partial charge on any atom is 0.413 e. The number of likely N-dealkylation sites (N-methyl/N-ethyl adjacent to an activating group) is 1. The summed E-state index contributed by atoms with van der Waals surface area (Å²) in [5.41, 5.74) is 1.39. The maximum absolute atomic E-state index is 14.7. The van der Waals surface area contributed by atoms with Gasteiger partial charge in [-0.05, 0) is 55.8 Å². The number of piperazine rings is 1. The van der Waals surface area contributed by atoms with Crippen LogP contribution in [-0.4, -0.2) is 91.0 Å². The van der Waals surface area contributed by atoms with Gasteiger partial charge in [-0.25, -0.2) is 14.2 Å². The van der Waals surface area contributed by atoms with Crippen LogP contribution in [0.15, 0.2) is 54.7 Å². The summed E-state index contributed by atoms with van der Waals surface area (Å²) in [6.45, 7) is 5.78. The number of halogens is 1. The van der Waals surface area contributed by atoms with E-state index in [1.54, 1.807) is 19.2 Å². The summed E-state index contributed by atoms with van der Waals surface area (Å²) < 4.78 is 25.5. The minimum atomic E-state index is -1.13. The summed E-state index contributed by atoms with van der Waals surface area (Å²) in [7, 11) is 3.72. The highest BCUT2D eigenvalue weighted by atomic mass is 19.1. The Bertz CT molecular complexity index is 1220. The molecule has 1 aliphatic heterocycles. The van der Waals surface area contributed by atoms with Gasteiger partial charge in [-0.3, -0.25) is 4.90 Å². The number of benzene rings is 2. The Kier molecular flexibility index (Phi) is 9.87. The van der Waals surface area contributed by atoms with E-state index in [1.807, 2.05) is 24.3 Å². The molecular formula is C28H35FN6O4. The van der Waals surface area contributed by atoms with Crippen molar-refractivity contribution in [3.63, 3.8) is 0 Å². The molecule has 3 aromatic rings. The van der Waals surface area contributed by atoms with E-state index in [4.69, 9.17) is 9.47 Å². The molecule has 0 atom stereocenters. The second-order valence-corrected chi connectivity index (χ2v) is 9.39. The van der Waals surface area contributed by atoms with Crippen molar-refractivity contribution < 1.29 is 23.8 Å². The van der Waals surface area contributed by atoms with Crippen molar-refractivity contribution >= 4 is 23.5 Å². The molecule has 1 fully saturated rings. The minimum Gasteiger partial charge on any atom is -0.497 e. The fraction of sp³-hybridized carbons (Fsp3) is 0.393. The van der Waals surface area contributed by atoms with Gasteiger partial charge in [0.15, 0.2) is 11.6 Å². The Labute approximate surface area is 228 Å². The third kappa shape index (κ3) is 8.26. The van der Waals surface area contributed by atoms with Gasteiger partial charge >= 0.3 is 6.09 Å². The Hall–Kier alpha value is -3.96. The Morgan fingerprint density at radius 3 is 2.59 bits per heavy atom. The number of aromatic nitrogens is 2. The first-order valence-corrected chi connectivity index (χ1v) is 13.0. The number of carbonyl (C=O) groups is 1. The van der Waals surface area contributed by atoms with Crippen LogP contribution in [0.25, 0.3) is 0 Å². The molecule has 2 aromatic carbocycles. The number of nitrogens with one attached hydrogen (secondary N) is 1. The summed E-state index contributed by atoms with van der Waals surface area (Å²) >= 11 is 0. The summed E-state index contributed by atoms with van der Waals surface area (Å²) in [5.74, 6) is 0.793. The van der Waals surface area contributed by atoms with Crippen LogP contribution in [0.2, 0.25) is 0 Å². The van der Waals surface area contributed by atoms with Crippen molar-refractivity contribution in [2.24, 2.45) is 0 Å². The number of amides is 1. The zero-order chi connectivity index (χ0) is 27.6. The number of anilines is 3. The van der Waals surface area contributed by atoms with Gasteiger partial charge in [-0.1, -0.05) is 12.1 Å².